The molecule has 1 saturated heterocycles. The van der Waals surface area contributed by atoms with Crippen molar-refractivity contribution in [3.8, 4) is 0 Å². The van der Waals surface area contributed by atoms with Crippen LogP contribution in [0.4, 0.5) is 5.69 Å². The van der Waals surface area contributed by atoms with E-state index in [0.717, 1.165) is 44.2 Å². The molecule has 0 bridgehead atoms. The number of carbonyl (C=O) groups is 2. The normalized spacial score (nSPS) is 26.2. The van der Waals surface area contributed by atoms with Gasteiger partial charge in [-0.05, 0) is 75.3 Å². The Bertz CT molecular complexity index is 950. The van der Waals surface area contributed by atoms with Crippen LogP contribution in [0.25, 0.3) is 0 Å². The highest BCUT2D eigenvalue weighted by molar-refractivity contribution is 6.31. The van der Waals surface area contributed by atoms with Crippen LogP contribution in [0.1, 0.15) is 54.9 Å². The number of rotatable bonds is 5. The lowest BCUT2D eigenvalue weighted by molar-refractivity contribution is -0.134. The van der Waals surface area contributed by atoms with E-state index < -0.39 is 5.60 Å². The van der Waals surface area contributed by atoms with Crippen LogP contribution in [0.2, 0.25) is 5.02 Å². The number of nitrogens with one attached hydrogen (secondary N) is 1. The number of benzene rings is 2. The van der Waals surface area contributed by atoms with Crippen LogP contribution in [0.15, 0.2) is 48.5 Å². The summed E-state index contributed by atoms with van der Waals surface area (Å²) in [5.41, 5.74) is 1.55. The van der Waals surface area contributed by atoms with Crippen LogP contribution in [0, 0.1) is 5.92 Å². The summed E-state index contributed by atoms with van der Waals surface area (Å²) in [4.78, 5) is 27.4. The van der Waals surface area contributed by atoms with E-state index in [-0.39, 0.29) is 23.8 Å². The number of nitrogens with zero attached hydrogens (tertiary/aromatic N) is 1. The molecule has 0 radical (unpaired) electrons. The van der Waals surface area contributed by atoms with Gasteiger partial charge in [0.1, 0.15) is 0 Å². The minimum absolute atomic E-state index is 0.0651. The summed E-state index contributed by atoms with van der Waals surface area (Å²) in [6, 6.07) is 14.8. The SMILES string of the molecule is CC1(O)CCC(N2CCC(Cc3ccc(NC(=O)c4ccccc4)cc3Cl)C2=O)CC1. The summed E-state index contributed by atoms with van der Waals surface area (Å²) in [7, 11) is 0. The zero-order valence-corrected chi connectivity index (χ0v) is 18.6. The monoisotopic (exact) mass is 440 g/mol. The van der Waals surface area contributed by atoms with Crippen molar-refractivity contribution in [3.63, 3.8) is 0 Å². The minimum atomic E-state index is -0.593. The molecule has 5 nitrogen and oxygen atoms in total. The standard InChI is InChI=1S/C25H29ClN2O3/c1-25(31)12-9-21(10-13-25)28-14-11-19(24(28)30)15-18-7-8-20(16-22(18)26)27-23(29)17-5-3-2-4-6-17/h2-8,16,19,21,31H,9-15H2,1H3,(H,27,29). The molecule has 0 aromatic heterocycles. The van der Waals surface area contributed by atoms with E-state index in [0.29, 0.717) is 22.7 Å². The Hall–Kier alpha value is -2.37. The molecular formula is C25H29ClN2O3. The van der Waals surface area contributed by atoms with Crippen molar-refractivity contribution >= 4 is 29.1 Å². The fraction of sp³-hybridized carbons (Fsp3) is 0.440. The zero-order valence-electron chi connectivity index (χ0n) is 17.8. The van der Waals surface area contributed by atoms with Crippen molar-refractivity contribution in [2.45, 2.75) is 57.1 Å². The van der Waals surface area contributed by atoms with Crippen LogP contribution in [-0.4, -0.2) is 40.0 Å². The second kappa shape index (κ2) is 9.01. The van der Waals surface area contributed by atoms with Crippen LogP contribution in [0.5, 0.6) is 0 Å². The summed E-state index contributed by atoms with van der Waals surface area (Å²) >= 11 is 6.50. The molecule has 0 spiro atoms. The van der Waals surface area contributed by atoms with Crippen molar-refractivity contribution in [2.24, 2.45) is 5.92 Å². The van der Waals surface area contributed by atoms with E-state index in [4.69, 9.17) is 11.6 Å². The van der Waals surface area contributed by atoms with E-state index >= 15 is 0 Å². The Morgan fingerprint density at radius 1 is 1.16 bits per heavy atom. The number of amides is 2. The fourth-order valence-corrected chi connectivity index (χ4v) is 4.96. The van der Waals surface area contributed by atoms with Crippen molar-refractivity contribution in [1.82, 2.24) is 4.90 Å². The van der Waals surface area contributed by atoms with Crippen LogP contribution in [-0.2, 0) is 11.2 Å². The lowest BCUT2D eigenvalue weighted by Crippen LogP contribution is -2.43. The van der Waals surface area contributed by atoms with Gasteiger partial charge in [0.25, 0.3) is 5.91 Å². The molecule has 4 rings (SSSR count). The number of anilines is 1. The maximum Gasteiger partial charge on any atom is 0.255 e. The van der Waals surface area contributed by atoms with Gasteiger partial charge in [0.05, 0.1) is 5.60 Å². The van der Waals surface area contributed by atoms with E-state index in [1.165, 1.54) is 0 Å². The number of hydrogen-bond acceptors (Lipinski definition) is 3. The maximum absolute atomic E-state index is 13.0. The van der Waals surface area contributed by atoms with Crippen LogP contribution < -0.4 is 5.32 Å². The highest BCUT2D eigenvalue weighted by Gasteiger charge is 2.39. The summed E-state index contributed by atoms with van der Waals surface area (Å²) in [5, 5.41) is 13.6. The molecule has 2 fully saturated rings. The molecule has 164 valence electrons. The average Bonchev–Trinajstić information content (AvgIpc) is 3.11. The van der Waals surface area contributed by atoms with Gasteiger partial charge >= 0.3 is 0 Å². The van der Waals surface area contributed by atoms with Crippen molar-refractivity contribution in [2.75, 3.05) is 11.9 Å². The third kappa shape index (κ3) is 5.10. The first-order chi connectivity index (χ1) is 14.8. The Morgan fingerprint density at radius 2 is 1.87 bits per heavy atom. The van der Waals surface area contributed by atoms with Gasteiger partial charge in [-0.2, -0.15) is 0 Å². The lowest BCUT2D eigenvalue weighted by atomic mass is 9.83. The largest absolute Gasteiger partial charge is 0.390 e. The highest BCUT2D eigenvalue weighted by Crippen LogP contribution is 2.35. The highest BCUT2D eigenvalue weighted by atomic mass is 35.5. The molecule has 6 heteroatoms. The van der Waals surface area contributed by atoms with Gasteiger partial charge in [-0.3, -0.25) is 9.59 Å². The lowest BCUT2D eigenvalue weighted by Gasteiger charge is -2.37. The second-order valence-electron chi connectivity index (χ2n) is 9.08. The molecule has 1 unspecified atom stereocenters. The fourth-order valence-electron chi connectivity index (χ4n) is 4.70. The van der Waals surface area contributed by atoms with Crippen molar-refractivity contribution in [1.29, 1.82) is 0 Å². The van der Waals surface area contributed by atoms with E-state index in [1.807, 2.05) is 42.2 Å². The van der Waals surface area contributed by atoms with Crippen molar-refractivity contribution in [3.05, 3.63) is 64.7 Å². The molecule has 2 aromatic carbocycles. The Kier molecular flexibility index (Phi) is 6.35. The smallest absolute Gasteiger partial charge is 0.255 e. The molecule has 31 heavy (non-hydrogen) atoms. The Labute approximate surface area is 188 Å². The molecule has 2 N–H and O–H groups in total. The topological polar surface area (TPSA) is 69.6 Å². The molecule has 2 aromatic rings. The first kappa shape index (κ1) is 21.8. The van der Waals surface area contributed by atoms with Gasteiger partial charge < -0.3 is 15.3 Å². The Balaban J connectivity index is 1.36. The summed E-state index contributed by atoms with van der Waals surface area (Å²) < 4.78 is 0. The van der Waals surface area contributed by atoms with Crippen molar-refractivity contribution < 1.29 is 14.7 Å². The summed E-state index contributed by atoms with van der Waals surface area (Å²) in [6.45, 7) is 2.66. The molecule has 1 heterocycles. The molecule has 2 amide bonds. The summed E-state index contributed by atoms with van der Waals surface area (Å²) in [5.74, 6) is -0.0498. The maximum atomic E-state index is 13.0. The van der Waals surface area contributed by atoms with Gasteiger partial charge in [0, 0.05) is 34.8 Å². The third-order valence-electron chi connectivity index (χ3n) is 6.64. The average molecular weight is 441 g/mol. The second-order valence-corrected chi connectivity index (χ2v) is 9.48. The van der Waals surface area contributed by atoms with E-state index in [9.17, 15) is 14.7 Å². The first-order valence-corrected chi connectivity index (χ1v) is 11.4. The predicted octanol–water partition coefficient (Wildman–Crippen LogP) is 4.68. The number of carbonyl (C=O) groups excluding carboxylic acids is 2. The first-order valence-electron chi connectivity index (χ1n) is 11.0. The molecular weight excluding hydrogens is 412 g/mol. The minimum Gasteiger partial charge on any atom is -0.390 e. The van der Waals surface area contributed by atoms with E-state index in [2.05, 4.69) is 5.32 Å². The van der Waals surface area contributed by atoms with Gasteiger partial charge in [-0.25, -0.2) is 0 Å². The molecule has 2 aliphatic rings. The molecule has 1 atom stereocenters. The molecule has 1 aliphatic heterocycles. The van der Waals surface area contributed by atoms with Gasteiger partial charge in [0.2, 0.25) is 5.91 Å². The van der Waals surface area contributed by atoms with Gasteiger partial charge in [-0.1, -0.05) is 35.9 Å². The summed E-state index contributed by atoms with van der Waals surface area (Å²) in [6.07, 6.45) is 4.65. The van der Waals surface area contributed by atoms with Gasteiger partial charge in [-0.15, -0.1) is 0 Å². The number of halogens is 1. The third-order valence-corrected chi connectivity index (χ3v) is 6.99. The quantitative estimate of drug-likeness (QED) is 0.709. The number of likely N-dealkylation sites (tertiary alicyclic amines) is 1. The Morgan fingerprint density at radius 3 is 2.55 bits per heavy atom. The molecule has 1 aliphatic carbocycles. The number of hydrogen-bond donors (Lipinski definition) is 2. The molecule has 1 saturated carbocycles. The number of aliphatic hydroxyl groups is 1. The zero-order chi connectivity index (χ0) is 22.0. The predicted molar refractivity (Wildman–Crippen MR) is 122 cm³/mol. The van der Waals surface area contributed by atoms with Gasteiger partial charge in [0.15, 0.2) is 0 Å². The van der Waals surface area contributed by atoms with E-state index in [1.54, 1.807) is 18.2 Å². The van der Waals surface area contributed by atoms with Crippen LogP contribution >= 0.6 is 11.6 Å². The van der Waals surface area contributed by atoms with Crippen LogP contribution in [0.3, 0.4) is 0 Å².